The monoisotopic (exact) mass is 272 g/mol. The molecule has 1 aromatic rings. The topological polar surface area (TPSA) is 17.1 Å². The van der Waals surface area contributed by atoms with Crippen molar-refractivity contribution in [2.24, 2.45) is 5.92 Å². The van der Waals surface area contributed by atoms with Crippen LogP contribution in [0.2, 0.25) is 19.1 Å². The Labute approximate surface area is 117 Å². The fourth-order valence-corrected chi connectivity index (χ4v) is 5.73. The molecule has 1 aliphatic rings. The lowest BCUT2D eigenvalue weighted by Crippen LogP contribution is -2.41. The van der Waals surface area contributed by atoms with Gasteiger partial charge in [0.2, 0.25) is 0 Å². The molecule has 0 N–H and O–H groups in total. The van der Waals surface area contributed by atoms with Crippen molar-refractivity contribution in [1.29, 1.82) is 0 Å². The highest BCUT2D eigenvalue weighted by molar-refractivity contribution is 6.90. The van der Waals surface area contributed by atoms with Gasteiger partial charge in [-0.25, -0.2) is 0 Å². The van der Waals surface area contributed by atoms with E-state index in [-0.39, 0.29) is 5.92 Å². The predicted octanol–water partition coefficient (Wildman–Crippen LogP) is 3.92. The van der Waals surface area contributed by atoms with Crippen molar-refractivity contribution in [2.45, 2.75) is 45.3 Å². The molecule has 0 bridgehead atoms. The molecule has 1 atom stereocenters. The van der Waals surface area contributed by atoms with Crippen molar-refractivity contribution < 1.29 is 4.79 Å². The highest BCUT2D eigenvalue weighted by atomic mass is 28.3. The molecule has 2 rings (SSSR count). The molecule has 0 spiro atoms. The molecule has 0 aliphatic heterocycles. The largest absolute Gasteiger partial charge is 0.300 e. The van der Waals surface area contributed by atoms with Crippen molar-refractivity contribution in [1.82, 2.24) is 0 Å². The van der Waals surface area contributed by atoms with E-state index in [0.29, 0.717) is 5.78 Å². The normalized spacial score (nSPS) is 19.9. The number of rotatable bonds is 4. The minimum absolute atomic E-state index is 0.283. The minimum atomic E-state index is -1.37. The van der Waals surface area contributed by atoms with Crippen LogP contribution in [0.3, 0.4) is 0 Å². The Morgan fingerprint density at radius 3 is 2.47 bits per heavy atom. The van der Waals surface area contributed by atoms with E-state index in [9.17, 15) is 4.79 Å². The molecular formula is C17H24OSi. The smallest absolute Gasteiger partial charge is 0.133 e. The molecule has 1 unspecified atom stereocenters. The number of carbonyl (C=O) groups is 1. The number of Topliss-reactive ketones (excluding diaryl/α,β-unsaturated/α-hetero) is 1. The summed E-state index contributed by atoms with van der Waals surface area (Å²) in [5.74, 6) is 0.639. The van der Waals surface area contributed by atoms with Gasteiger partial charge in [0.25, 0.3) is 0 Å². The van der Waals surface area contributed by atoms with Crippen LogP contribution in [0.1, 0.15) is 26.2 Å². The number of hydrogen-bond acceptors (Lipinski definition) is 1. The van der Waals surface area contributed by atoms with Gasteiger partial charge < -0.3 is 0 Å². The lowest BCUT2D eigenvalue weighted by molar-refractivity contribution is -0.120. The number of ketones is 1. The van der Waals surface area contributed by atoms with Gasteiger partial charge in [-0.05, 0) is 32.2 Å². The van der Waals surface area contributed by atoms with Crippen molar-refractivity contribution in [2.75, 3.05) is 0 Å². The van der Waals surface area contributed by atoms with Gasteiger partial charge in [-0.2, -0.15) is 0 Å². The van der Waals surface area contributed by atoms with Gasteiger partial charge in [-0.1, -0.05) is 60.3 Å². The molecule has 1 aliphatic carbocycles. The third kappa shape index (κ3) is 3.66. The Hall–Kier alpha value is -1.15. The molecule has 0 amide bonds. The third-order valence-corrected chi connectivity index (χ3v) is 7.54. The molecule has 0 saturated heterocycles. The molecule has 19 heavy (non-hydrogen) atoms. The first kappa shape index (κ1) is 14.3. The second-order valence-corrected chi connectivity index (χ2v) is 11.1. The van der Waals surface area contributed by atoms with Gasteiger partial charge in [-0.3, -0.25) is 4.79 Å². The Morgan fingerprint density at radius 1 is 1.26 bits per heavy atom. The summed E-state index contributed by atoms with van der Waals surface area (Å²) in [6, 6.07) is 12.2. The maximum atomic E-state index is 11.4. The molecule has 1 nitrogen and oxygen atoms in total. The van der Waals surface area contributed by atoms with Crippen molar-refractivity contribution >= 4 is 19.0 Å². The molecular weight excluding hydrogens is 248 g/mol. The zero-order valence-corrected chi connectivity index (χ0v) is 13.3. The number of benzene rings is 1. The highest BCUT2D eigenvalue weighted by Gasteiger charge is 2.26. The number of allylic oxidation sites excluding steroid dienone is 2. The predicted molar refractivity (Wildman–Crippen MR) is 84.5 cm³/mol. The van der Waals surface area contributed by atoms with Crippen LogP contribution in [-0.4, -0.2) is 13.9 Å². The summed E-state index contributed by atoms with van der Waals surface area (Å²) in [7, 11) is -1.37. The van der Waals surface area contributed by atoms with Crippen molar-refractivity contribution in [3.8, 4) is 0 Å². The van der Waals surface area contributed by atoms with Crippen LogP contribution in [0.15, 0.2) is 42.0 Å². The van der Waals surface area contributed by atoms with Crippen LogP contribution in [0.5, 0.6) is 0 Å². The average Bonchev–Trinajstić information content (AvgIpc) is 2.40. The van der Waals surface area contributed by atoms with Gasteiger partial charge in [0.15, 0.2) is 0 Å². The first-order valence-electron chi connectivity index (χ1n) is 7.23. The summed E-state index contributed by atoms with van der Waals surface area (Å²) >= 11 is 0. The number of hydrogen-bond donors (Lipinski definition) is 0. The maximum absolute atomic E-state index is 11.4. The highest BCUT2D eigenvalue weighted by Crippen LogP contribution is 2.29. The third-order valence-electron chi connectivity index (χ3n) is 4.30. The first-order valence-corrected chi connectivity index (χ1v) is 10.4. The SMILES string of the molecule is CC(=O)C1CC=C(C[Si](C)(C)c2ccccc2)CC1. The van der Waals surface area contributed by atoms with E-state index in [2.05, 4.69) is 49.5 Å². The Balaban J connectivity index is 2.04. The molecule has 0 fully saturated rings. The van der Waals surface area contributed by atoms with E-state index in [1.807, 2.05) is 0 Å². The fraction of sp³-hybridized carbons (Fsp3) is 0.471. The van der Waals surface area contributed by atoms with Crippen molar-refractivity contribution in [3.05, 3.63) is 42.0 Å². The lowest BCUT2D eigenvalue weighted by atomic mass is 9.88. The minimum Gasteiger partial charge on any atom is -0.300 e. The quantitative estimate of drug-likeness (QED) is 0.600. The Bertz CT molecular complexity index is 473. The maximum Gasteiger partial charge on any atom is 0.133 e. The summed E-state index contributed by atoms with van der Waals surface area (Å²) in [4.78, 5) is 11.4. The molecule has 0 aromatic heterocycles. The van der Waals surface area contributed by atoms with Crippen LogP contribution in [0.4, 0.5) is 0 Å². The van der Waals surface area contributed by atoms with E-state index in [0.717, 1.165) is 19.3 Å². The summed E-state index contributed by atoms with van der Waals surface area (Å²) < 4.78 is 0. The average molecular weight is 272 g/mol. The van der Waals surface area contributed by atoms with Crippen LogP contribution in [0, 0.1) is 5.92 Å². The molecule has 0 heterocycles. The van der Waals surface area contributed by atoms with Crippen LogP contribution >= 0.6 is 0 Å². The van der Waals surface area contributed by atoms with E-state index in [1.54, 1.807) is 12.5 Å². The summed E-state index contributed by atoms with van der Waals surface area (Å²) in [5.41, 5.74) is 1.58. The zero-order chi connectivity index (χ0) is 13.9. The first-order chi connectivity index (χ1) is 8.99. The summed E-state index contributed by atoms with van der Waals surface area (Å²) in [6.45, 7) is 6.62. The van der Waals surface area contributed by atoms with Crippen LogP contribution in [-0.2, 0) is 4.79 Å². The zero-order valence-electron chi connectivity index (χ0n) is 12.3. The van der Waals surface area contributed by atoms with E-state index in [1.165, 1.54) is 11.2 Å². The molecule has 2 heteroatoms. The van der Waals surface area contributed by atoms with E-state index >= 15 is 0 Å². The summed E-state index contributed by atoms with van der Waals surface area (Å²) in [6.07, 6.45) is 5.48. The fourth-order valence-electron chi connectivity index (χ4n) is 2.98. The van der Waals surface area contributed by atoms with Gasteiger partial charge in [0.05, 0.1) is 8.07 Å². The second kappa shape index (κ2) is 5.87. The molecule has 1 aromatic carbocycles. The van der Waals surface area contributed by atoms with Gasteiger partial charge in [0, 0.05) is 5.92 Å². The van der Waals surface area contributed by atoms with Crippen molar-refractivity contribution in [3.63, 3.8) is 0 Å². The van der Waals surface area contributed by atoms with Gasteiger partial charge in [-0.15, -0.1) is 0 Å². The van der Waals surface area contributed by atoms with Crippen LogP contribution in [0.25, 0.3) is 0 Å². The Kier molecular flexibility index (Phi) is 4.41. The van der Waals surface area contributed by atoms with Gasteiger partial charge >= 0.3 is 0 Å². The standard InChI is InChI=1S/C17H24OSi/c1-14(18)16-11-9-15(10-12-16)13-19(2,3)17-7-5-4-6-8-17/h4-9,16H,10-13H2,1-3H3. The Morgan fingerprint density at radius 2 is 1.95 bits per heavy atom. The lowest BCUT2D eigenvalue weighted by Gasteiger charge is -2.27. The van der Waals surface area contributed by atoms with E-state index < -0.39 is 8.07 Å². The summed E-state index contributed by atoms with van der Waals surface area (Å²) in [5, 5.41) is 1.53. The molecule has 102 valence electrons. The van der Waals surface area contributed by atoms with E-state index in [4.69, 9.17) is 0 Å². The molecule has 0 radical (unpaired) electrons. The van der Waals surface area contributed by atoms with Crippen LogP contribution < -0.4 is 5.19 Å². The second-order valence-electron chi connectivity index (χ2n) is 6.37. The van der Waals surface area contributed by atoms with Gasteiger partial charge in [0.1, 0.15) is 5.78 Å². The molecule has 0 saturated carbocycles. The number of carbonyl (C=O) groups excluding carboxylic acids is 1.